The van der Waals surface area contributed by atoms with E-state index in [2.05, 4.69) is 67.8 Å². The summed E-state index contributed by atoms with van der Waals surface area (Å²) >= 11 is 0. The van der Waals surface area contributed by atoms with Gasteiger partial charge in [-0.15, -0.1) is 0 Å². The quantitative estimate of drug-likeness (QED) is 0.167. The Morgan fingerprint density at radius 2 is 0.971 bits per heavy atom. The summed E-state index contributed by atoms with van der Waals surface area (Å²) in [7, 11) is -10.8. The van der Waals surface area contributed by atoms with Crippen LogP contribution in [0.5, 0.6) is 0 Å². The minimum absolute atomic E-state index is 0.385. The van der Waals surface area contributed by atoms with Crippen LogP contribution in [-0.4, -0.2) is 6.61 Å². The minimum Gasteiger partial charge on any atom is -0.790 e. The molecule has 0 aromatic heterocycles. The molecule has 0 fully saturated rings. The van der Waals surface area contributed by atoms with Gasteiger partial charge < -0.3 is 23.8 Å². The van der Waals surface area contributed by atoms with Gasteiger partial charge in [0.05, 0.1) is 14.4 Å². The Labute approximate surface area is 206 Å². The van der Waals surface area contributed by atoms with E-state index < -0.39 is 15.6 Å². The predicted octanol–water partition coefficient (Wildman–Crippen LogP) is 6.19. The van der Waals surface area contributed by atoms with Gasteiger partial charge in [0.1, 0.15) is 0 Å². The predicted molar refractivity (Wildman–Crippen MR) is 134 cm³/mol. The summed E-state index contributed by atoms with van der Waals surface area (Å²) in [6, 6.07) is 0. The van der Waals surface area contributed by atoms with Crippen molar-refractivity contribution in [3.05, 3.63) is 58.2 Å². The molecule has 0 N–H and O–H groups in total. The highest BCUT2D eigenvalue weighted by Gasteiger charge is 2.10. The van der Waals surface area contributed by atoms with Gasteiger partial charge >= 0.3 is 0 Å². The molecule has 0 radical (unpaired) electrons. The second kappa shape index (κ2) is 17.4. The second-order valence-electron chi connectivity index (χ2n) is 8.91. The highest BCUT2D eigenvalue weighted by molar-refractivity contribution is 7.58. The fourth-order valence-corrected chi connectivity index (χ4v) is 4.48. The number of allylic oxidation sites excluding steroid dienone is 9. The Hall–Kier alpha value is -1.04. The monoisotopic (exact) mass is 515 g/mol. The summed E-state index contributed by atoms with van der Waals surface area (Å²) in [5, 5.41) is 0. The Morgan fingerprint density at radius 3 is 1.32 bits per heavy atom. The van der Waals surface area contributed by atoms with Gasteiger partial charge in [-0.2, -0.15) is 0 Å². The standard InChI is InChI=1S/C25H44O7P2/c1-21(2)11-7-12-22(3)13-8-14-23(4)15-9-16-24(5)17-10-18-25(6)19-20-31-34(29,30)32-33(26,27)28/h11,13,15,17,19H,7-10,12,14,16,18,20H2,1-6H3,(H,29,30)(H2,26,27,28)/p-3/b22-13+,23-15+,24-17+,25-19+. The lowest BCUT2D eigenvalue weighted by Crippen LogP contribution is -2.19. The first-order valence-corrected chi connectivity index (χ1v) is 14.6. The van der Waals surface area contributed by atoms with E-state index in [1.54, 1.807) is 0 Å². The Bertz CT molecular complexity index is 856. The molecule has 0 aliphatic rings. The maximum Gasteiger partial charge on any atom is 0.272 e. The molecule has 0 spiro atoms. The molecule has 1 atom stereocenters. The molecular formula is C25H41O7P2-3. The first-order valence-electron chi connectivity index (χ1n) is 11.6. The molecule has 9 heteroatoms. The van der Waals surface area contributed by atoms with Crippen LogP contribution in [0.25, 0.3) is 0 Å². The van der Waals surface area contributed by atoms with Crippen LogP contribution in [0.4, 0.5) is 0 Å². The van der Waals surface area contributed by atoms with Crippen LogP contribution in [-0.2, 0) is 18.0 Å². The molecule has 0 heterocycles. The summed E-state index contributed by atoms with van der Waals surface area (Å²) in [4.78, 5) is 31.9. The molecule has 0 aromatic rings. The average molecular weight is 516 g/mol. The highest BCUT2D eigenvalue weighted by atomic mass is 31.3. The third kappa shape index (κ3) is 21.5. The van der Waals surface area contributed by atoms with Crippen LogP contribution < -0.4 is 14.7 Å². The van der Waals surface area contributed by atoms with Crippen molar-refractivity contribution in [2.75, 3.05) is 6.61 Å². The topological polar surface area (TPSA) is 122 Å². The summed E-state index contributed by atoms with van der Waals surface area (Å²) < 4.78 is 29.3. The fourth-order valence-electron chi connectivity index (χ4n) is 3.05. The van der Waals surface area contributed by atoms with Crippen LogP contribution in [0.2, 0.25) is 0 Å². The maximum atomic E-state index is 11.2. The molecule has 7 nitrogen and oxygen atoms in total. The number of phosphoric acid groups is 2. The number of phosphoric ester groups is 1. The minimum atomic E-state index is -5.65. The summed E-state index contributed by atoms with van der Waals surface area (Å²) in [6.45, 7) is 12.2. The van der Waals surface area contributed by atoms with Gasteiger partial charge in [-0.25, -0.2) is 0 Å². The van der Waals surface area contributed by atoms with Crippen LogP contribution in [0.1, 0.15) is 92.9 Å². The molecule has 196 valence electrons. The molecule has 0 saturated heterocycles. The Morgan fingerprint density at radius 1 is 0.618 bits per heavy atom. The normalized spacial score (nSPS) is 15.9. The van der Waals surface area contributed by atoms with E-state index in [0.717, 1.165) is 50.5 Å². The Balaban J connectivity index is 4.22. The largest absolute Gasteiger partial charge is 0.790 e. The molecule has 0 aliphatic heterocycles. The van der Waals surface area contributed by atoms with Crippen molar-refractivity contribution in [1.82, 2.24) is 0 Å². The van der Waals surface area contributed by atoms with E-state index in [0.29, 0.717) is 6.42 Å². The number of hydrogen-bond acceptors (Lipinski definition) is 7. The molecule has 0 rings (SSSR count). The molecule has 0 saturated carbocycles. The van der Waals surface area contributed by atoms with E-state index >= 15 is 0 Å². The van der Waals surface area contributed by atoms with Crippen molar-refractivity contribution in [2.45, 2.75) is 92.9 Å². The van der Waals surface area contributed by atoms with E-state index in [9.17, 15) is 23.8 Å². The number of rotatable bonds is 17. The van der Waals surface area contributed by atoms with Crippen molar-refractivity contribution in [3.63, 3.8) is 0 Å². The van der Waals surface area contributed by atoms with Gasteiger partial charge in [-0.1, -0.05) is 58.2 Å². The first-order chi connectivity index (χ1) is 15.7. The molecule has 0 aliphatic carbocycles. The van der Waals surface area contributed by atoms with E-state index in [4.69, 9.17) is 0 Å². The van der Waals surface area contributed by atoms with E-state index in [1.807, 2.05) is 6.92 Å². The molecule has 0 bridgehead atoms. The van der Waals surface area contributed by atoms with E-state index in [1.165, 1.54) is 28.4 Å². The maximum absolute atomic E-state index is 11.2. The van der Waals surface area contributed by atoms with Crippen molar-refractivity contribution in [2.24, 2.45) is 0 Å². The van der Waals surface area contributed by atoms with Gasteiger partial charge in [0.25, 0.3) is 7.82 Å². The summed E-state index contributed by atoms with van der Waals surface area (Å²) in [5.41, 5.74) is 6.41. The summed E-state index contributed by atoms with van der Waals surface area (Å²) in [5.74, 6) is 0. The Kier molecular flexibility index (Phi) is 16.9. The SMILES string of the molecule is CC(C)=CCC/C(C)=C/CC/C(C)=C/CC/C(C)=C/CC/C(C)=C/COP(=O)([O-])OP(=O)([O-])[O-]. The first kappa shape index (κ1) is 33.0. The second-order valence-corrected chi connectivity index (χ2v) is 11.6. The average Bonchev–Trinajstić information content (AvgIpc) is 2.65. The van der Waals surface area contributed by atoms with E-state index in [-0.39, 0.29) is 6.61 Å². The van der Waals surface area contributed by atoms with Gasteiger partial charge in [0.2, 0.25) is 0 Å². The molecule has 34 heavy (non-hydrogen) atoms. The van der Waals surface area contributed by atoms with Gasteiger partial charge in [-0.05, 0) is 92.9 Å². The lowest BCUT2D eigenvalue weighted by molar-refractivity contribution is -0.339. The zero-order chi connectivity index (χ0) is 26.2. The lowest BCUT2D eigenvalue weighted by atomic mass is 10.0. The van der Waals surface area contributed by atoms with Gasteiger partial charge in [0, 0.05) is 0 Å². The lowest BCUT2D eigenvalue weighted by Gasteiger charge is -2.34. The highest BCUT2D eigenvalue weighted by Crippen LogP contribution is 2.50. The van der Waals surface area contributed by atoms with Crippen LogP contribution in [0.3, 0.4) is 0 Å². The third-order valence-electron chi connectivity index (χ3n) is 5.05. The molecule has 0 aromatic carbocycles. The number of hydrogen-bond donors (Lipinski definition) is 0. The van der Waals surface area contributed by atoms with Crippen molar-refractivity contribution >= 4 is 15.6 Å². The zero-order valence-corrected chi connectivity index (χ0v) is 23.3. The molecule has 1 unspecified atom stereocenters. The van der Waals surface area contributed by atoms with Gasteiger partial charge in [0.15, 0.2) is 0 Å². The van der Waals surface area contributed by atoms with Crippen LogP contribution >= 0.6 is 15.6 Å². The van der Waals surface area contributed by atoms with Gasteiger partial charge in [-0.3, -0.25) is 8.88 Å². The molecule has 0 amide bonds. The van der Waals surface area contributed by atoms with Crippen LogP contribution in [0.15, 0.2) is 58.2 Å². The summed E-state index contributed by atoms with van der Waals surface area (Å²) in [6.07, 6.45) is 18.5. The third-order valence-corrected chi connectivity index (χ3v) is 7.12. The fraction of sp³-hybridized carbons (Fsp3) is 0.600. The van der Waals surface area contributed by atoms with Crippen molar-refractivity contribution in [1.29, 1.82) is 0 Å². The smallest absolute Gasteiger partial charge is 0.272 e. The van der Waals surface area contributed by atoms with Crippen molar-refractivity contribution in [3.8, 4) is 0 Å². The van der Waals surface area contributed by atoms with Crippen LogP contribution in [0, 0.1) is 0 Å². The van der Waals surface area contributed by atoms with Crippen molar-refractivity contribution < 1.29 is 32.6 Å². The zero-order valence-electron chi connectivity index (χ0n) is 21.5. The molecular weight excluding hydrogens is 474 g/mol.